The minimum Gasteiger partial charge on any atom is -0.494 e. The van der Waals surface area contributed by atoms with Gasteiger partial charge in [0.15, 0.2) is 0 Å². The number of nitrogens with one attached hydrogen (secondary N) is 2. The summed E-state index contributed by atoms with van der Waals surface area (Å²) in [4.78, 5) is 15.8. The minimum absolute atomic E-state index is 0.209. The average molecular weight is 232 g/mol. The zero-order chi connectivity index (χ0) is 12.1. The Morgan fingerprint density at radius 2 is 2.35 bits per heavy atom. The van der Waals surface area contributed by atoms with Gasteiger partial charge in [-0.25, -0.2) is 0 Å². The third-order valence-corrected chi connectivity index (χ3v) is 2.25. The number of H-pyrrole nitrogens is 1. The van der Waals surface area contributed by atoms with Gasteiger partial charge in [0.1, 0.15) is 5.75 Å². The highest BCUT2D eigenvalue weighted by atomic mass is 16.5. The predicted octanol–water partition coefficient (Wildman–Crippen LogP) is 0.743. The first-order valence-corrected chi connectivity index (χ1v) is 5.05. The first-order valence-electron chi connectivity index (χ1n) is 5.05. The number of carbonyl (C=O) groups is 1. The molecule has 0 atom stereocenters. The average Bonchev–Trinajstić information content (AvgIpc) is 2.89. The lowest BCUT2D eigenvalue weighted by atomic mass is 10.2. The molecule has 2 N–H and O–H groups in total. The maximum absolute atomic E-state index is 11.9. The number of amides is 1. The van der Waals surface area contributed by atoms with E-state index in [1.54, 1.807) is 24.5 Å². The number of methoxy groups -OCH3 is 1. The molecule has 2 aromatic rings. The molecule has 0 spiro atoms. The van der Waals surface area contributed by atoms with E-state index in [2.05, 4.69) is 20.5 Å². The van der Waals surface area contributed by atoms with E-state index in [1.807, 2.05) is 0 Å². The van der Waals surface area contributed by atoms with Gasteiger partial charge in [-0.05, 0) is 12.1 Å². The molecule has 1 amide bonds. The van der Waals surface area contributed by atoms with Gasteiger partial charge in [0.25, 0.3) is 5.91 Å². The van der Waals surface area contributed by atoms with Crippen LogP contribution < -0.4 is 10.1 Å². The van der Waals surface area contributed by atoms with Gasteiger partial charge in [-0.3, -0.25) is 14.9 Å². The molecule has 2 rings (SSSR count). The summed E-state index contributed by atoms with van der Waals surface area (Å²) >= 11 is 0. The second-order valence-electron chi connectivity index (χ2n) is 3.34. The van der Waals surface area contributed by atoms with Crippen LogP contribution in [0.1, 0.15) is 16.1 Å². The van der Waals surface area contributed by atoms with Crippen LogP contribution in [0.25, 0.3) is 0 Å². The topological polar surface area (TPSA) is 79.9 Å². The van der Waals surface area contributed by atoms with Crippen LogP contribution in [-0.2, 0) is 6.54 Å². The predicted molar refractivity (Wildman–Crippen MR) is 60.5 cm³/mol. The van der Waals surface area contributed by atoms with E-state index >= 15 is 0 Å². The Labute approximate surface area is 98.0 Å². The zero-order valence-electron chi connectivity index (χ0n) is 9.30. The fraction of sp³-hybridized carbons (Fsp3) is 0.182. The van der Waals surface area contributed by atoms with Crippen molar-refractivity contribution in [2.45, 2.75) is 6.54 Å². The molecule has 0 aromatic carbocycles. The Morgan fingerprint density at radius 3 is 3.06 bits per heavy atom. The Bertz CT molecular complexity index is 496. The molecule has 6 heteroatoms. The Kier molecular flexibility index (Phi) is 3.34. The number of aromatic amines is 1. The highest BCUT2D eigenvalue weighted by Gasteiger charge is 2.11. The molecule has 0 fully saturated rings. The number of pyridine rings is 1. The number of carbonyl (C=O) groups excluding carboxylic acids is 1. The maximum atomic E-state index is 11.9. The van der Waals surface area contributed by atoms with Gasteiger partial charge in [-0.15, -0.1) is 0 Å². The van der Waals surface area contributed by atoms with E-state index in [9.17, 15) is 4.79 Å². The third-order valence-electron chi connectivity index (χ3n) is 2.25. The molecule has 88 valence electrons. The van der Waals surface area contributed by atoms with Crippen molar-refractivity contribution in [1.82, 2.24) is 20.5 Å². The summed E-state index contributed by atoms with van der Waals surface area (Å²) in [5.74, 6) is 0.244. The van der Waals surface area contributed by atoms with Crippen LogP contribution in [0.3, 0.4) is 0 Å². The Hall–Kier alpha value is -2.37. The van der Waals surface area contributed by atoms with Gasteiger partial charge in [0.05, 0.1) is 31.1 Å². The molecule has 0 aliphatic rings. The number of aromatic nitrogens is 3. The molecule has 0 aliphatic carbocycles. The Balaban J connectivity index is 2.04. The number of rotatable bonds is 4. The normalized spacial score (nSPS) is 9.94. The van der Waals surface area contributed by atoms with Gasteiger partial charge in [-0.2, -0.15) is 5.10 Å². The van der Waals surface area contributed by atoms with E-state index in [0.29, 0.717) is 17.9 Å². The quantitative estimate of drug-likeness (QED) is 0.815. The molecule has 0 aliphatic heterocycles. The van der Waals surface area contributed by atoms with Crippen LogP contribution in [-0.4, -0.2) is 28.2 Å². The van der Waals surface area contributed by atoms with Crippen molar-refractivity contribution in [1.29, 1.82) is 0 Å². The van der Waals surface area contributed by atoms with Crippen LogP contribution in [0, 0.1) is 0 Å². The lowest BCUT2D eigenvalue weighted by Gasteiger charge is -2.07. The van der Waals surface area contributed by atoms with Crippen molar-refractivity contribution < 1.29 is 9.53 Å². The number of nitrogens with zero attached hydrogens (tertiary/aromatic N) is 2. The first-order chi connectivity index (χ1) is 8.31. The van der Waals surface area contributed by atoms with Crippen molar-refractivity contribution >= 4 is 5.91 Å². The Morgan fingerprint density at radius 1 is 1.47 bits per heavy atom. The molecule has 2 aromatic heterocycles. The van der Waals surface area contributed by atoms with E-state index < -0.39 is 0 Å². The van der Waals surface area contributed by atoms with Crippen LogP contribution in [0.15, 0.2) is 30.7 Å². The molecule has 17 heavy (non-hydrogen) atoms. The first kappa shape index (κ1) is 11.1. The summed E-state index contributed by atoms with van der Waals surface area (Å²) in [6.45, 7) is 0.393. The van der Waals surface area contributed by atoms with Crippen molar-refractivity contribution in [3.8, 4) is 5.75 Å². The molecule has 2 heterocycles. The summed E-state index contributed by atoms with van der Waals surface area (Å²) in [6.07, 6.45) is 4.69. The smallest absolute Gasteiger partial charge is 0.255 e. The van der Waals surface area contributed by atoms with Gasteiger partial charge in [0, 0.05) is 12.4 Å². The lowest BCUT2D eigenvalue weighted by Crippen LogP contribution is -2.23. The van der Waals surface area contributed by atoms with Crippen molar-refractivity contribution in [2.75, 3.05) is 7.11 Å². The van der Waals surface area contributed by atoms with Gasteiger partial charge in [0.2, 0.25) is 0 Å². The molecule has 0 bridgehead atoms. The number of hydrogen-bond donors (Lipinski definition) is 2. The van der Waals surface area contributed by atoms with Crippen molar-refractivity contribution in [3.05, 3.63) is 42.0 Å². The SMILES string of the molecule is COc1cnccc1C(=O)NCc1ccn[nH]1. The van der Waals surface area contributed by atoms with Crippen LogP contribution in [0.5, 0.6) is 5.75 Å². The summed E-state index contributed by atoms with van der Waals surface area (Å²) in [5.41, 5.74) is 1.30. The number of hydrogen-bond acceptors (Lipinski definition) is 4. The lowest BCUT2D eigenvalue weighted by molar-refractivity contribution is 0.0947. The molecular formula is C11H12N4O2. The fourth-order valence-electron chi connectivity index (χ4n) is 1.38. The van der Waals surface area contributed by atoms with Crippen LogP contribution >= 0.6 is 0 Å². The highest BCUT2D eigenvalue weighted by molar-refractivity contribution is 5.96. The van der Waals surface area contributed by atoms with Gasteiger partial charge in [-0.1, -0.05) is 0 Å². The van der Waals surface area contributed by atoms with E-state index in [1.165, 1.54) is 13.3 Å². The third kappa shape index (κ3) is 2.60. The zero-order valence-corrected chi connectivity index (χ0v) is 9.30. The van der Waals surface area contributed by atoms with Crippen molar-refractivity contribution in [3.63, 3.8) is 0 Å². The molecule has 0 saturated carbocycles. The molecular weight excluding hydrogens is 220 g/mol. The molecule has 0 unspecified atom stereocenters. The summed E-state index contributed by atoms with van der Waals surface area (Å²) in [7, 11) is 1.50. The molecule has 0 radical (unpaired) electrons. The summed E-state index contributed by atoms with van der Waals surface area (Å²) < 4.78 is 5.06. The van der Waals surface area contributed by atoms with Crippen LogP contribution in [0.2, 0.25) is 0 Å². The number of ether oxygens (including phenoxy) is 1. The fourth-order valence-corrected chi connectivity index (χ4v) is 1.38. The molecule has 0 saturated heterocycles. The largest absolute Gasteiger partial charge is 0.494 e. The molecule has 6 nitrogen and oxygen atoms in total. The maximum Gasteiger partial charge on any atom is 0.255 e. The van der Waals surface area contributed by atoms with E-state index in [0.717, 1.165) is 5.69 Å². The second kappa shape index (κ2) is 5.11. The van der Waals surface area contributed by atoms with Gasteiger partial charge >= 0.3 is 0 Å². The van der Waals surface area contributed by atoms with E-state index in [4.69, 9.17) is 4.74 Å². The van der Waals surface area contributed by atoms with Crippen LogP contribution in [0.4, 0.5) is 0 Å². The summed E-state index contributed by atoms with van der Waals surface area (Å²) in [5, 5.41) is 9.32. The monoisotopic (exact) mass is 232 g/mol. The highest BCUT2D eigenvalue weighted by Crippen LogP contribution is 2.15. The van der Waals surface area contributed by atoms with E-state index in [-0.39, 0.29) is 5.91 Å². The summed E-state index contributed by atoms with van der Waals surface area (Å²) in [6, 6.07) is 3.41. The second-order valence-corrected chi connectivity index (χ2v) is 3.34. The van der Waals surface area contributed by atoms with Gasteiger partial charge < -0.3 is 10.1 Å². The van der Waals surface area contributed by atoms with Crippen molar-refractivity contribution in [2.24, 2.45) is 0 Å². The standard InChI is InChI=1S/C11H12N4O2/c1-17-10-7-12-4-3-9(10)11(16)13-6-8-2-5-14-15-8/h2-5,7H,6H2,1H3,(H,13,16)(H,14,15). The minimum atomic E-state index is -0.209.